The predicted molar refractivity (Wildman–Crippen MR) is 94.7 cm³/mol. The normalized spacial score (nSPS) is 10.6. The van der Waals surface area contributed by atoms with Crippen LogP contribution >= 0.6 is 27.5 Å². The van der Waals surface area contributed by atoms with E-state index in [1.165, 1.54) is 6.21 Å². The lowest BCUT2D eigenvalue weighted by Crippen LogP contribution is -2.32. The fourth-order valence-corrected chi connectivity index (χ4v) is 2.26. The topological polar surface area (TPSA) is 70.6 Å². The number of rotatable bonds is 3. The second kappa shape index (κ2) is 7.89. The van der Waals surface area contributed by atoms with E-state index in [1.54, 1.807) is 18.2 Å². The largest absolute Gasteiger partial charge is 0.329 e. The molecule has 0 aromatic heterocycles. The van der Waals surface area contributed by atoms with E-state index in [2.05, 4.69) is 31.8 Å². The molecule has 0 unspecified atom stereocenters. The average molecular weight is 395 g/mol. The fourth-order valence-electron chi connectivity index (χ4n) is 1.66. The summed E-state index contributed by atoms with van der Waals surface area (Å²) in [6, 6.07) is 12.3. The van der Waals surface area contributed by atoms with Gasteiger partial charge in [0, 0.05) is 15.2 Å². The van der Waals surface area contributed by atoms with Crippen LogP contribution in [-0.4, -0.2) is 18.0 Å². The molecule has 0 atom stereocenters. The van der Waals surface area contributed by atoms with Crippen LogP contribution in [-0.2, 0) is 9.59 Å². The number of nitrogens with one attached hydrogen (secondary N) is 2. The van der Waals surface area contributed by atoms with E-state index in [0.29, 0.717) is 10.7 Å². The highest BCUT2D eigenvalue weighted by Gasteiger charge is 2.13. The summed E-state index contributed by atoms with van der Waals surface area (Å²) in [4.78, 5) is 23.4. The number of halogens is 2. The van der Waals surface area contributed by atoms with Crippen LogP contribution in [0.2, 0.25) is 5.02 Å². The minimum absolute atomic E-state index is 0.441. The highest BCUT2D eigenvalue weighted by Crippen LogP contribution is 2.19. The molecule has 0 aliphatic carbocycles. The van der Waals surface area contributed by atoms with Gasteiger partial charge in [-0.25, -0.2) is 5.43 Å². The summed E-state index contributed by atoms with van der Waals surface area (Å²) in [7, 11) is 0. The molecule has 0 bridgehead atoms. The predicted octanol–water partition coefficient (Wildman–Crippen LogP) is 3.50. The van der Waals surface area contributed by atoms with Crippen molar-refractivity contribution in [2.75, 3.05) is 5.32 Å². The van der Waals surface area contributed by atoms with E-state index in [4.69, 9.17) is 11.6 Å². The molecule has 0 aliphatic rings. The van der Waals surface area contributed by atoms with Gasteiger partial charge in [0.2, 0.25) is 0 Å². The van der Waals surface area contributed by atoms with Crippen molar-refractivity contribution < 1.29 is 9.59 Å². The second-order valence-corrected chi connectivity index (χ2v) is 6.00. The van der Waals surface area contributed by atoms with Gasteiger partial charge >= 0.3 is 11.8 Å². The van der Waals surface area contributed by atoms with Crippen LogP contribution in [0.1, 0.15) is 11.1 Å². The number of anilines is 1. The van der Waals surface area contributed by atoms with Crippen molar-refractivity contribution in [3.8, 4) is 0 Å². The quantitative estimate of drug-likeness (QED) is 0.475. The Labute approximate surface area is 146 Å². The third-order valence-electron chi connectivity index (χ3n) is 2.86. The Hall–Kier alpha value is -2.18. The van der Waals surface area contributed by atoms with Gasteiger partial charge in [0.1, 0.15) is 0 Å². The molecule has 2 aromatic rings. The summed E-state index contributed by atoms with van der Waals surface area (Å²) >= 11 is 9.29. The Morgan fingerprint density at radius 2 is 1.96 bits per heavy atom. The summed E-state index contributed by atoms with van der Waals surface area (Å²) in [6.07, 6.45) is 1.44. The average Bonchev–Trinajstić information content (AvgIpc) is 2.51. The molecule has 0 fully saturated rings. The lowest BCUT2D eigenvalue weighted by molar-refractivity contribution is -0.136. The van der Waals surface area contributed by atoms with Gasteiger partial charge < -0.3 is 5.32 Å². The molecule has 2 amide bonds. The van der Waals surface area contributed by atoms with Crippen molar-refractivity contribution in [3.63, 3.8) is 0 Å². The number of amides is 2. The first kappa shape index (κ1) is 17.2. The van der Waals surface area contributed by atoms with Crippen molar-refractivity contribution in [2.24, 2.45) is 5.10 Å². The third-order valence-corrected chi connectivity index (χ3v) is 3.76. The van der Waals surface area contributed by atoms with Gasteiger partial charge in [0.05, 0.1) is 6.21 Å². The summed E-state index contributed by atoms with van der Waals surface area (Å²) in [6.45, 7) is 1.84. The molecule has 2 rings (SSSR count). The molecule has 7 heteroatoms. The van der Waals surface area contributed by atoms with Crippen molar-refractivity contribution in [1.82, 2.24) is 5.43 Å². The first-order valence-electron chi connectivity index (χ1n) is 6.62. The molecule has 0 spiro atoms. The number of benzene rings is 2. The van der Waals surface area contributed by atoms with Crippen molar-refractivity contribution >= 4 is 51.2 Å². The number of nitrogens with zero attached hydrogens (tertiary/aromatic N) is 1. The first-order chi connectivity index (χ1) is 11.0. The van der Waals surface area contributed by atoms with E-state index in [9.17, 15) is 9.59 Å². The van der Waals surface area contributed by atoms with E-state index < -0.39 is 11.8 Å². The molecule has 0 saturated heterocycles. The molecule has 0 saturated carbocycles. The molecule has 5 nitrogen and oxygen atoms in total. The SMILES string of the molecule is Cc1ccc(NC(=O)C(=O)N/N=C/c2cccc(Br)c2)cc1Cl. The summed E-state index contributed by atoms with van der Waals surface area (Å²) in [5.74, 6) is -1.69. The lowest BCUT2D eigenvalue weighted by atomic mass is 10.2. The van der Waals surface area contributed by atoms with Crippen molar-refractivity contribution in [2.45, 2.75) is 6.92 Å². The van der Waals surface area contributed by atoms with E-state index in [0.717, 1.165) is 15.6 Å². The third kappa shape index (κ3) is 5.19. The molecule has 2 aromatic carbocycles. The Kier molecular flexibility index (Phi) is 5.90. The Morgan fingerprint density at radius 3 is 2.65 bits per heavy atom. The smallest absolute Gasteiger partial charge is 0.318 e. The van der Waals surface area contributed by atoms with Gasteiger partial charge in [-0.3, -0.25) is 9.59 Å². The molecule has 0 heterocycles. The zero-order valence-corrected chi connectivity index (χ0v) is 14.5. The number of carbonyl (C=O) groups excluding carboxylic acids is 2. The van der Waals surface area contributed by atoms with Gasteiger partial charge in [-0.1, -0.05) is 45.7 Å². The minimum atomic E-state index is -0.868. The standard InChI is InChI=1S/C16H13BrClN3O2/c1-10-5-6-13(8-14(10)18)20-15(22)16(23)21-19-9-11-3-2-4-12(17)7-11/h2-9H,1H3,(H,20,22)(H,21,23)/b19-9+. The first-order valence-corrected chi connectivity index (χ1v) is 7.79. The Balaban J connectivity index is 1.92. The molecule has 23 heavy (non-hydrogen) atoms. The molecular formula is C16H13BrClN3O2. The van der Waals surface area contributed by atoms with Crippen LogP contribution in [0.3, 0.4) is 0 Å². The Bertz CT molecular complexity index is 778. The zero-order chi connectivity index (χ0) is 16.8. The molecule has 2 N–H and O–H groups in total. The summed E-state index contributed by atoms with van der Waals surface area (Å²) in [5.41, 5.74) is 4.27. The molecule has 0 radical (unpaired) electrons. The number of hydrogen-bond donors (Lipinski definition) is 2. The maximum absolute atomic E-state index is 11.8. The van der Waals surface area contributed by atoms with Gasteiger partial charge in [-0.2, -0.15) is 5.10 Å². The zero-order valence-electron chi connectivity index (χ0n) is 12.1. The van der Waals surface area contributed by atoms with Gasteiger partial charge in [-0.15, -0.1) is 0 Å². The van der Waals surface area contributed by atoms with Gasteiger partial charge in [-0.05, 0) is 42.3 Å². The highest BCUT2D eigenvalue weighted by atomic mass is 79.9. The van der Waals surface area contributed by atoms with E-state index >= 15 is 0 Å². The summed E-state index contributed by atoms with van der Waals surface area (Å²) in [5, 5.41) is 6.71. The number of hydrogen-bond acceptors (Lipinski definition) is 3. The van der Waals surface area contributed by atoms with Crippen molar-refractivity contribution in [3.05, 3.63) is 63.1 Å². The van der Waals surface area contributed by atoms with Crippen LogP contribution in [0.25, 0.3) is 0 Å². The molecular weight excluding hydrogens is 382 g/mol. The second-order valence-electron chi connectivity index (χ2n) is 4.67. The number of carbonyl (C=O) groups is 2. The maximum atomic E-state index is 11.8. The minimum Gasteiger partial charge on any atom is -0.318 e. The van der Waals surface area contributed by atoms with Crippen LogP contribution < -0.4 is 10.7 Å². The number of aryl methyl sites for hydroxylation is 1. The highest BCUT2D eigenvalue weighted by molar-refractivity contribution is 9.10. The molecule has 0 aliphatic heterocycles. The number of hydrazone groups is 1. The molecule has 118 valence electrons. The van der Waals surface area contributed by atoms with Crippen molar-refractivity contribution in [1.29, 1.82) is 0 Å². The van der Waals surface area contributed by atoms with Gasteiger partial charge in [0.15, 0.2) is 0 Å². The van der Waals surface area contributed by atoms with Crippen LogP contribution in [0.5, 0.6) is 0 Å². The van der Waals surface area contributed by atoms with Crippen LogP contribution in [0, 0.1) is 6.92 Å². The van der Waals surface area contributed by atoms with E-state index in [-0.39, 0.29) is 0 Å². The van der Waals surface area contributed by atoms with Gasteiger partial charge in [0.25, 0.3) is 0 Å². The Morgan fingerprint density at radius 1 is 1.17 bits per heavy atom. The lowest BCUT2D eigenvalue weighted by Gasteiger charge is -2.05. The fraction of sp³-hybridized carbons (Fsp3) is 0.0625. The van der Waals surface area contributed by atoms with Crippen LogP contribution in [0.4, 0.5) is 5.69 Å². The summed E-state index contributed by atoms with van der Waals surface area (Å²) < 4.78 is 0.891. The van der Waals surface area contributed by atoms with E-state index in [1.807, 2.05) is 31.2 Å². The monoisotopic (exact) mass is 393 g/mol. The van der Waals surface area contributed by atoms with Crippen LogP contribution in [0.15, 0.2) is 52.0 Å². The maximum Gasteiger partial charge on any atom is 0.329 e.